The lowest BCUT2D eigenvalue weighted by Crippen LogP contribution is -2.02. The molecule has 1 aromatic rings. The Balaban J connectivity index is 2.58. The van der Waals surface area contributed by atoms with Crippen molar-refractivity contribution in [2.45, 2.75) is 11.3 Å². The minimum Gasteiger partial charge on any atom is -0.396 e. The second-order valence-corrected chi connectivity index (χ2v) is 6.16. The number of sulfone groups is 1. The van der Waals surface area contributed by atoms with Crippen molar-refractivity contribution in [2.75, 3.05) is 6.61 Å². The maximum Gasteiger partial charge on any atom is 0.203 e. The van der Waals surface area contributed by atoms with Crippen molar-refractivity contribution in [2.24, 2.45) is 0 Å². The maximum absolute atomic E-state index is 11.9. The van der Waals surface area contributed by atoms with Crippen molar-refractivity contribution in [1.29, 1.82) is 0 Å². The maximum atomic E-state index is 11.9. The van der Waals surface area contributed by atoms with E-state index in [-0.39, 0.29) is 17.9 Å². The van der Waals surface area contributed by atoms with E-state index in [9.17, 15) is 8.42 Å². The van der Waals surface area contributed by atoms with Gasteiger partial charge in [-0.3, -0.25) is 0 Å². The molecule has 15 heavy (non-hydrogen) atoms. The third-order valence-electron chi connectivity index (χ3n) is 2.28. The van der Waals surface area contributed by atoms with Crippen LogP contribution in [-0.4, -0.2) is 20.1 Å². The molecule has 2 rings (SSSR count). The molecule has 0 amide bonds. The first-order chi connectivity index (χ1) is 7.05. The van der Waals surface area contributed by atoms with Gasteiger partial charge in [0.05, 0.1) is 9.80 Å². The first-order valence-corrected chi connectivity index (χ1v) is 6.69. The second-order valence-electron chi connectivity index (χ2n) is 3.27. The highest BCUT2D eigenvalue weighted by atomic mass is 79.9. The van der Waals surface area contributed by atoms with Gasteiger partial charge in [-0.2, -0.15) is 0 Å². The number of rotatable bonds is 2. The molecule has 5 heteroatoms. The number of fused-ring (bicyclic) bond motifs is 1. The molecule has 1 heterocycles. The van der Waals surface area contributed by atoms with Gasteiger partial charge in [-0.15, -0.1) is 0 Å². The van der Waals surface area contributed by atoms with Gasteiger partial charge in [0, 0.05) is 17.5 Å². The summed E-state index contributed by atoms with van der Waals surface area (Å²) in [6.45, 7) is -0.153. The predicted molar refractivity (Wildman–Crippen MR) is 61.0 cm³/mol. The number of benzene rings is 1. The number of hydrogen-bond donors (Lipinski definition) is 1. The van der Waals surface area contributed by atoms with Gasteiger partial charge < -0.3 is 5.11 Å². The highest BCUT2D eigenvalue weighted by molar-refractivity contribution is 9.10. The van der Waals surface area contributed by atoms with Gasteiger partial charge in [0.25, 0.3) is 0 Å². The van der Waals surface area contributed by atoms with Crippen molar-refractivity contribution >= 4 is 31.8 Å². The lowest BCUT2D eigenvalue weighted by Gasteiger charge is -2.01. The summed E-state index contributed by atoms with van der Waals surface area (Å²) in [6, 6.07) is 5.14. The van der Waals surface area contributed by atoms with Crippen LogP contribution in [0.15, 0.2) is 32.5 Å². The normalized spacial score (nSPS) is 17.3. The SMILES string of the molecule is O=S1(=O)C(CCO)=Cc2ccc(Br)cc21. The molecule has 0 saturated heterocycles. The largest absolute Gasteiger partial charge is 0.396 e. The summed E-state index contributed by atoms with van der Waals surface area (Å²) in [5, 5.41) is 8.78. The Labute approximate surface area is 96.5 Å². The lowest BCUT2D eigenvalue weighted by atomic mass is 10.2. The molecule has 0 aliphatic carbocycles. The van der Waals surface area contributed by atoms with Crippen LogP contribution in [0.5, 0.6) is 0 Å². The summed E-state index contributed by atoms with van der Waals surface area (Å²) >= 11 is 3.24. The van der Waals surface area contributed by atoms with Gasteiger partial charge in [0.1, 0.15) is 0 Å². The van der Waals surface area contributed by atoms with Crippen LogP contribution in [0.25, 0.3) is 6.08 Å². The number of halogens is 1. The average Bonchev–Trinajstić information content (AvgIpc) is 2.41. The molecule has 0 unspecified atom stereocenters. The van der Waals surface area contributed by atoms with Crippen LogP contribution in [-0.2, 0) is 9.84 Å². The van der Waals surface area contributed by atoms with E-state index in [1.807, 2.05) is 0 Å². The van der Waals surface area contributed by atoms with E-state index in [4.69, 9.17) is 5.11 Å². The molecular weight excluding hydrogens is 280 g/mol. The lowest BCUT2D eigenvalue weighted by molar-refractivity contribution is 0.301. The quantitative estimate of drug-likeness (QED) is 0.905. The van der Waals surface area contributed by atoms with Crippen molar-refractivity contribution in [3.8, 4) is 0 Å². The number of aliphatic hydroxyl groups is 1. The monoisotopic (exact) mass is 288 g/mol. The second kappa shape index (κ2) is 3.73. The van der Waals surface area contributed by atoms with Crippen molar-refractivity contribution in [3.05, 3.63) is 33.1 Å². The first-order valence-electron chi connectivity index (χ1n) is 4.42. The van der Waals surface area contributed by atoms with Crippen LogP contribution in [0.2, 0.25) is 0 Å². The molecule has 3 nitrogen and oxygen atoms in total. The van der Waals surface area contributed by atoms with Crippen LogP contribution in [0.3, 0.4) is 0 Å². The Morgan fingerprint density at radius 3 is 2.73 bits per heavy atom. The van der Waals surface area contributed by atoms with Crippen molar-refractivity contribution in [1.82, 2.24) is 0 Å². The molecule has 0 radical (unpaired) electrons. The van der Waals surface area contributed by atoms with E-state index in [1.54, 1.807) is 24.3 Å². The Bertz CT molecular complexity index is 532. The predicted octanol–water partition coefficient (Wildman–Crippen LogP) is 1.96. The van der Waals surface area contributed by atoms with Crippen LogP contribution < -0.4 is 0 Å². The molecule has 0 atom stereocenters. The molecule has 0 saturated carbocycles. The first kappa shape index (κ1) is 10.9. The molecule has 80 valence electrons. The van der Waals surface area contributed by atoms with Gasteiger partial charge in [-0.1, -0.05) is 22.0 Å². The topological polar surface area (TPSA) is 54.4 Å². The van der Waals surface area contributed by atoms with E-state index in [1.165, 1.54) is 0 Å². The highest BCUT2D eigenvalue weighted by Crippen LogP contribution is 2.35. The summed E-state index contributed by atoms with van der Waals surface area (Å²) in [5.41, 5.74) is 0.696. The Kier molecular flexibility index (Phi) is 2.70. The molecule has 0 bridgehead atoms. The van der Waals surface area contributed by atoms with Crippen molar-refractivity contribution < 1.29 is 13.5 Å². The summed E-state index contributed by atoms with van der Waals surface area (Å²) in [5.74, 6) is 0. The van der Waals surface area contributed by atoms with Crippen LogP contribution >= 0.6 is 15.9 Å². The molecular formula is C10H9BrO3S. The standard InChI is InChI=1S/C10H9BrO3S/c11-8-2-1-7-5-9(3-4-12)15(13,14)10(7)6-8/h1-2,5-6,12H,3-4H2. The van der Waals surface area contributed by atoms with E-state index in [2.05, 4.69) is 15.9 Å². The Hall–Kier alpha value is -0.650. The summed E-state index contributed by atoms with van der Waals surface area (Å²) < 4.78 is 24.6. The van der Waals surface area contributed by atoms with E-state index < -0.39 is 9.84 Å². The van der Waals surface area contributed by atoms with E-state index in [0.29, 0.717) is 10.5 Å². The minimum atomic E-state index is -3.36. The van der Waals surface area contributed by atoms with Gasteiger partial charge >= 0.3 is 0 Å². The number of aliphatic hydroxyl groups excluding tert-OH is 1. The minimum absolute atomic E-state index is 0.153. The molecule has 0 aromatic heterocycles. The zero-order valence-electron chi connectivity index (χ0n) is 7.77. The van der Waals surface area contributed by atoms with Crippen LogP contribution in [0.4, 0.5) is 0 Å². The molecule has 1 aromatic carbocycles. The van der Waals surface area contributed by atoms with E-state index >= 15 is 0 Å². The average molecular weight is 289 g/mol. The summed E-state index contributed by atoms with van der Waals surface area (Å²) in [7, 11) is -3.36. The molecule has 1 aliphatic heterocycles. The van der Waals surface area contributed by atoms with Gasteiger partial charge in [0.2, 0.25) is 9.84 Å². The third kappa shape index (κ3) is 1.75. The summed E-state index contributed by atoms with van der Waals surface area (Å²) in [6.07, 6.45) is 1.79. The van der Waals surface area contributed by atoms with Gasteiger partial charge in [-0.25, -0.2) is 8.42 Å². The zero-order valence-corrected chi connectivity index (χ0v) is 10.2. The van der Waals surface area contributed by atoms with E-state index in [0.717, 1.165) is 4.47 Å². The van der Waals surface area contributed by atoms with Gasteiger partial charge in [0.15, 0.2) is 0 Å². The third-order valence-corrected chi connectivity index (χ3v) is 4.72. The Morgan fingerprint density at radius 2 is 2.07 bits per heavy atom. The van der Waals surface area contributed by atoms with Crippen molar-refractivity contribution in [3.63, 3.8) is 0 Å². The molecule has 0 spiro atoms. The van der Waals surface area contributed by atoms with Gasteiger partial charge in [-0.05, 0) is 23.8 Å². The van der Waals surface area contributed by atoms with Crippen LogP contribution in [0.1, 0.15) is 12.0 Å². The molecule has 1 aliphatic rings. The number of hydrogen-bond acceptors (Lipinski definition) is 3. The zero-order chi connectivity index (χ0) is 11.1. The van der Waals surface area contributed by atoms with Crippen LogP contribution in [0, 0.1) is 0 Å². The smallest absolute Gasteiger partial charge is 0.203 e. The summed E-state index contributed by atoms with van der Waals surface area (Å²) in [4.78, 5) is 0.610. The fourth-order valence-electron chi connectivity index (χ4n) is 1.57. The highest BCUT2D eigenvalue weighted by Gasteiger charge is 2.28. The molecule has 1 N–H and O–H groups in total. The fraction of sp³-hybridized carbons (Fsp3) is 0.200. The molecule has 0 fully saturated rings. The fourth-order valence-corrected chi connectivity index (χ4v) is 3.73. The Morgan fingerprint density at radius 1 is 1.33 bits per heavy atom.